The molecule has 0 aliphatic heterocycles. The van der Waals surface area contributed by atoms with Gasteiger partial charge in [0.2, 0.25) is 0 Å². The van der Waals surface area contributed by atoms with Crippen molar-refractivity contribution in [3.63, 3.8) is 0 Å². The van der Waals surface area contributed by atoms with Crippen LogP contribution in [-0.2, 0) is 0 Å². The molecule has 0 fully saturated rings. The third-order valence-electron chi connectivity index (χ3n) is 1.85. The summed E-state index contributed by atoms with van der Waals surface area (Å²) in [7, 11) is 0. The second-order valence-corrected chi connectivity index (χ2v) is 2.63. The third-order valence-corrected chi connectivity index (χ3v) is 1.85. The van der Waals surface area contributed by atoms with E-state index in [0.29, 0.717) is 11.2 Å². The minimum Gasteiger partial charge on any atom is -0.397 e. The van der Waals surface area contributed by atoms with E-state index in [0.717, 1.165) is 4.57 Å². The van der Waals surface area contributed by atoms with E-state index in [1.807, 2.05) is 0 Å². The van der Waals surface area contributed by atoms with Crippen molar-refractivity contribution in [3.8, 4) is 0 Å². The highest BCUT2D eigenvalue weighted by atomic mass is 19.3. The topological polar surface area (TPSA) is 43.8 Å². The van der Waals surface area contributed by atoms with Gasteiger partial charge in [-0.05, 0) is 12.1 Å². The SMILES string of the molecule is Nc1ccnc2ccn(C(F)F)c12. The molecule has 0 amide bonds. The number of nitrogens with two attached hydrogens (primary N) is 1. The summed E-state index contributed by atoms with van der Waals surface area (Å²) in [5, 5.41) is 0. The second kappa shape index (κ2) is 2.69. The van der Waals surface area contributed by atoms with E-state index in [2.05, 4.69) is 4.98 Å². The summed E-state index contributed by atoms with van der Waals surface area (Å²) < 4.78 is 25.6. The van der Waals surface area contributed by atoms with E-state index in [1.165, 1.54) is 24.5 Å². The summed E-state index contributed by atoms with van der Waals surface area (Å²) in [6, 6.07) is 3.01. The molecular formula is C8H7F2N3. The van der Waals surface area contributed by atoms with E-state index in [9.17, 15) is 8.78 Å². The van der Waals surface area contributed by atoms with Crippen LogP contribution in [0.2, 0.25) is 0 Å². The molecule has 0 radical (unpaired) electrons. The van der Waals surface area contributed by atoms with Crippen LogP contribution in [0.4, 0.5) is 14.5 Å². The molecule has 3 nitrogen and oxygen atoms in total. The van der Waals surface area contributed by atoms with Crippen LogP contribution in [0.5, 0.6) is 0 Å². The van der Waals surface area contributed by atoms with Crippen molar-refractivity contribution in [2.75, 3.05) is 5.73 Å². The predicted molar refractivity (Wildman–Crippen MR) is 45.4 cm³/mol. The number of halogens is 2. The van der Waals surface area contributed by atoms with Gasteiger partial charge in [0.15, 0.2) is 0 Å². The Morgan fingerprint density at radius 2 is 2.15 bits per heavy atom. The largest absolute Gasteiger partial charge is 0.397 e. The minimum absolute atomic E-state index is 0.289. The van der Waals surface area contributed by atoms with Crippen LogP contribution in [-0.4, -0.2) is 9.55 Å². The molecule has 2 aromatic heterocycles. The van der Waals surface area contributed by atoms with Crippen molar-refractivity contribution in [1.82, 2.24) is 9.55 Å². The van der Waals surface area contributed by atoms with Crippen molar-refractivity contribution in [3.05, 3.63) is 24.5 Å². The average molecular weight is 183 g/mol. The van der Waals surface area contributed by atoms with Crippen molar-refractivity contribution >= 4 is 16.7 Å². The molecule has 0 spiro atoms. The first-order valence-corrected chi connectivity index (χ1v) is 3.69. The highest BCUT2D eigenvalue weighted by Gasteiger charge is 2.11. The monoisotopic (exact) mass is 183 g/mol. The molecule has 68 valence electrons. The first kappa shape index (κ1) is 7.97. The van der Waals surface area contributed by atoms with Gasteiger partial charge in [0.05, 0.1) is 16.7 Å². The van der Waals surface area contributed by atoms with Crippen LogP contribution < -0.4 is 5.73 Å². The molecule has 2 aromatic rings. The number of nitrogens with zero attached hydrogens (tertiary/aromatic N) is 2. The highest BCUT2D eigenvalue weighted by Crippen LogP contribution is 2.24. The van der Waals surface area contributed by atoms with Crippen molar-refractivity contribution in [2.45, 2.75) is 6.55 Å². The van der Waals surface area contributed by atoms with Crippen LogP contribution in [0, 0.1) is 0 Å². The number of pyridine rings is 1. The molecular weight excluding hydrogens is 176 g/mol. The number of hydrogen-bond donors (Lipinski definition) is 1. The summed E-state index contributed by atoms with van der Waals surface area (Å²) in [6.45, 7) is -2.58. The lowest BCUT2D eigenvalue weighted by molar-refractivity contribution is 0.0753. The van der Waals surface area contributed by atoms with Crippen LogP contribution in [0.15, 0.2) is 24.5 Å². The number of rotatable bonds is 1. The van der Waals surface area contributed by atoms with E-state index < -0.39 is 6.55 Å². The van der Waals surface area contributed by atoms with Gasteiger partial charge in [-0.3, -0.25) is 9.55 Å². The Morgan fingerprint density at radius 1 is 1.38 bits per heavy atom. The predicted octanol–water partition coefficient (Wildman–Crippen LogP) is 2.01. The van der Waals surface area contributed by atoms with Crippen LogP contribution in [0.3, 0.4) is 0 Å². The normalized spacial score (nSPS) is 11.3. The van der Waals surface area contributed by atoms with Gasteiger partial charge >= 0.3 is 6.55 Å². The molecule has 0 saturated heterocycles. The smallest absolute Gasteiger partial charge is 0.319 e. The Hall–Kier alpha value is -1.65. The molecule has 5 heteroatoms. The zero-order valence-electron chi connectivity index (χ0n) is 6.61. The molecule has 2 N–H and O–H groups in total. The maximum Gasteiger partial charge on any atom is 0.319 e. The van der Waals surface area contributed by atoms with Gasteiger partial charge in [-0.2, -0.15) is 8.78 Å². The standard InChI is InChI=1S/C8H7F2N3/c9-8(10)13-4-2-6-7(13)5(11)1-3-12-6/h1-4,8H,(H2,11,12). The van der Waals surface area contributed by atoms with Crippen molar-refractivity contribution in [1.29, 1.82) is 0 Å². The maximum absolute atomic E-state index is 12.4. The van der Waals surface area contributed by atoms with Crippen LogP contribution in [0.25, 0.3) is 11.0 Å². The third kappa shape index (κ3) is 1.12. The van der Waals surface area contributed by atoms with Crippen molar-refractivity contribution in [2.24, 2.45) is 0 Å². The molecule has 0 aliphatic rings. The molecule has 0 unspecified atom stereocenters. The summed E-state index contributed by atoms with van der Waals surface area (Å²) >= 11 is 0. The van der Waals surface area contributed by atoms with Gasteiger partial charge in [0, 0.05) is 12.4 Å². The number of fused-ring (bicyclic) bond motifs is 1. The lowest BCUT2D eigenvalue weighted by Gasteiger charge is -2.04. The fourth-order valence-corrected chi connectivity index (χ4v) is 1.28. The molecule has 2 rings (SSSR count). The second-order valence-electron chi connectivity index (χ2n) is 2.63. The maximum atomic E-state index is 12.4. The van der Waals surface area contributed by atoms with Crippen LogP contribution >= 0.6 is 0 Å². The average Bonchev–Trinajstić information content (AvgIpc) is 2.49. The van der Waals surface area contributed by atoms with Crippen LogP contribution in [0.1, 0.15) is 6.55 Å². The lowest BCUT2D eigenvalue weighted by Crippen LogP contribution is -1.98. The first-order valence-electron chi connectivity index (χ1n) is 3.69. The lowest BCUT2D eigenvalue weighted by atomic mass is 10.3. The van der Waals surface area contributed by atoms with E-state index in [-0.39, 0.29) is 5.52 Å². The fraction of sp³-hybridized carbons (Fsp3) is 0.125. The zero-order chi connectivity index (χ0) is 9.42. The van der Waals surface area contributed by atoms with E-state index in [1.54, 1.807) is 0 Å². The Balaban J connectivity index is 2.79. The first-order chi connectivity index (χ1) is 6.20. The van der Waals surface area contributed by atoms with Gasteiger partial charge in [0.25, 0.3) is 0 Å². The molecule has 2 heterocycles. The number of anilines is 1. The Bertz CT molecular complexity index is 436. The summed E-state index contributed by atoms with van der Waals surface area (Å²) in [5.41, 5.74) is 6.64. The van der Waals surface area contributed by atoms with E-state index >= 15 is 0 Å². The Morgan fingerprint density at radius 3 is 2.85 bits per heavy atom. The van der Waals surface area contributed by atoms with Crippen molar-refractivity contribution < 1.29 is 8.78 Å². The van der Waals surface area contributed by atoms with Gasteiger partial charge in [-0.25, -0.2) is 0 Å². The Labute approximate surface area is 72.8 Å². The molecule has 0 aliphatic carbocycles. The number of nitrogen functional groups attached to an aromatic ring is 1. The molecule has 0 bridgehead atoms. The number of hydrogen-bond acceptors (Lipinski definition) is 2. The number of aromatic nitrogens is 2. The van der Waals surface area contributed by atoms with Gasteiger partial charge < -0.3 is 5.73 Å². The summed E-state index contributed by atoms with van der Waals surface area (Å²) in [6.07, 6.45) is 2.77. The number of alkyl halides is 2. The van der Waals surface area contributed by atoms with Gasteiger partial charge in [0.1, 0.15) is 0 Å². The van der Waals surface area contributed by atoms with E-state index in [4.69, 9.17) is 5.73 Å². The fourth-order valence-electron chi connectivity index (χ4n) is 1.28. The Kier molecular flexibility index (Phi) is 1.65. The van der Waals surface area contributed by atoms with Gasteiger partial charge in [-0.1, -0.05) is 0 Å². The molecule has 0 saturated carbocycles. The highest BCUT2D eigenvalue weighted by molar-refractivity contribution is 5.87. The zero-order valence-corrected chi connectivity index (χ0v) is 6.61. The molecule has 0 atom stereocenters. The van der Waals surface area contributed by atoms with Gasteiger partial charge in [-0.15, -0.1) is 0 Å². The molecule has 13 heavy (non-hydrogen) atoms. The molecule has 0 aromatic carbocycles. The summed E-state index contributed by atoms with van der Waals surface area (Å²) in [4.78, 5) is 3.91. The minimum atomic E-state index is -2.58. The quantitative estimate of drug-likeness (QED) is 0.734. The summed E-state index contributed by atoms with van der Waals surface area (Å²) in [5.74, 6) is 0.